The van der Waals surface area contributed by atoms with Crippen LogP contribution in [-0.2, 0) is 6.42 Å². The zero-order valence-electron chi connectivity index (χ0n) is 13.3. The lowest BCUT2D eigenvalue weighted by Crippen LogP contribution is -2.32. The van der Waals surface area contributed by atoms with Crippen LogP contribution in [0.2, 0.25) is 0 Å². The van der Waals surface area contributed by atoms with Crippen molar-refractivity contribution in [1.82, 2.24) is 15.3 Å². The maximum atomic E-state index is 12.3. The maximum Gasteiger partial charge on any atom is 0.271 e. The Morgan fingerprint density at radius 1 is 1.27 bits per heavy atom. The summed E-state index contributed by atoms with van der Waals surface area (Å²) in [5.41, 5.74) is 2.32. The first-order valence-corrected chi connectivity index (χ1v) is 8.54. The summed E-state index contributed by atoms with van der Waals surface area (Å²) in [7, 11) is 0. The fraction of sp³-hybridized carbons (Fsp3) is 0.667. The minimum Gasteiger partial charge on any atom is -0.350 e. The van der Waals surface area contributed by atoms with Crippen molar-refractivity contribution < 1.29 is 4.79 Å². The number of carbonyl (C=O) groups is 1. The van der Waals surface area contributed by atoms with Gasteiger partial charge in [-0.2, -0.15) is 0 Å². The lowest BCUT2D eigenvalue weighted by Gasteiger charge is -2.22. The van der Waals surface area contributed by atoms with E-state index in [0.717, 1.165) is 23.9 Å². The molecule has 5 rings (SSSR count). The van der Waals surface area contributed by atoms with Crippen LogP contribution in [0, 0.1) is 22.7 Å². The Morgan fingerprint density at radius 3 is 2.82 bits per heavy atom. The molecule has 2 saturated carbocycles. The van der Waals surface area contributed by atoms with Crippen molar-refractivity contribution in [2.24, 2.45) is 22.7 Å². The average molecular weight is 297 g/mol. The first kappa shape index (κ1) is 12.9. The van der Waals surface area contributed by atoms with Gasteiger partial charge in [-0.15, -0.1) is 0 Å². The smallest absolute Gasteiger partial charge is 0.271 e. The number of nitrogens with one attached hydrogen (secondary N) is 2. The zero-order valence-corrected chi connectivity index (χ0v) is 13.3. The number of nitrogens with zero attached hydrogens (tertiary/aromatic N) is 1. The molecule has 1 amide bonds. The third-order valence-electron chi connectivity index (χ3n) is 6.47. The first-order valence-electron chi connectivity index (χ1n) is 8.54. The molecule has 3 atom stereocenters. The number of H-pyrrole nitrogens is 1. The van der Waals surface area contributed by atoms with Gasteiger partial charge < -0.3 is 10.3 Å². The van der Waals surface area contributed by atoms with E-state index in [1.807, 2.05) is 0 Å². The fourth-order valence-corrected chi connectivity index (χ4v) is 5.15. The molecule has 4 nitrogen and oxygen atoms in total. The number of allylic oxidation sites excluding steroid dienone is 2. The topological polar surface area (TPSA) is 57.8 Å². The molecule has 0 saturated heterocycles. The molecule has 0 aromatic carbocycles. The van der Waals surface area contributed by atoms with Crippen molar-refractivity contribution in [3.63, 3.8) is 0 Å². The highest BCUT2D eigenvalue weighted by atomic mass is 16.1. The highest BCUT2D eigenvalue weighted by Gasteiger charge is 2.63. The van der Waals surface area contributed by atoms with Crippen LogP contribution in [0.1, 0.15) is 61.0 Å². The molecule has 2 bridgehead atoms. The SMILES string of the molecule is CC1(C)CNC(=O)c2nc([C@@H]3C[C@@H]4C=C[C@@H]3C43CC3)[nH]c2C1. The summed E-state index contributed by atoms with van der Waals surface area (Å²) < 4.78 is 0. The molecule has 3 aliphatic carbocycles. The number of carbonyl (C=O) groups excluding carboxylic acids is 1. The summed E-state index contributed by atoms with van der Waals surface area (Å²) in [5.74, 6) is 2.92. The Balaban J connectivity index is 1.52. The maximum absolute atomic E-state index is 12.3. The van der Waals surface area contributed by atoms with Gasteiger partial charge in [0.05, 0.1) is 0 Å². The van der Waals surface area contributed by atoms with Crippen LogP contribution in [0.3, 0.4) is 0 Å². The molecule has 0 radical (unpaired) electrons. The Labute approximate surface area is 130 Å². The van der Waals surface area contributed by atoms with E-state index in [9.17, 15) is 4.79 Å². The molecular weight excluding hydrogens is 274 g/mol. The number of rotatable bonds is 1. The van der Waals surface area contributed by atoms with Gasteiger partial charge in [0, 0.05) is 18.2 Å². The predicted molar refractivity (Wildman–Crippen MR) is 83.6 cm³/mol. The van der Waals surface area contributed by atoms with E-state index in [2.05, 4.69) is 36.3 Å². The zero-order chi connectivity index (χ0) is 15.1. The lowest BCUT2D eigenvalue weighted by atomic mass is 9.88. The summed E-state index contributed by atoms with van der Waals surface area (Å²) in [5, 5.41) is 3.02. The Kier molecular flexibility index (Phi) is 2.25. The molecule has 0 unspecified atom stereocenters. The molecule has 2 heterocycles. The van der Waals surface area contributed by atoms with Gasteiger partial charge in [0.25, 0.3) is 5.91 Å². The third-order valence-corrected chi connectivity index (χ3v) is 6.47. The van der Waals surface area contributed by atoms with Crippen molar-refractivity contribution in [3.05, 3.63) is 29.4 Å². The second kappa shape index (κ2) is 3.84. The van der Waals surface area contributed by atoms with Crippen molar-refractivity contribution >= 4 is 5.91 Å². The highest BCUT2D eigenvalue weighted by molar-refractivity contribution is 5.94. The van der Waals surface area contributed by atoms with E-state index in [1.54, 1.807) is 0 Å². The van der Waals surface area contributed by atoms with E-state index in [1.165, 1.54) is 19.3 Å². The normalized spacial score (nSPS) is 36.3. The van der Waals surface area contributed by atoms with Gasteiger partial charge in [0.2, 0.25) is 0 Å². The van der Waals surface area contributed by atoms with Crippen LogP contribution in [0.4, 0.5) is 0 Å². The van der Waals surface area contributed by atoms with E-state index in [-0.39, 0.29) is 11.3 Å². The number of fused-ring (bicyclic) bond motifs is 1. The average Bonchev–Trinajstić information content (AvgIpc) is 2.99. The largest absolute Gasteiger partial charge is 0.350 e. The van der Waals surface area contributed by atoms with Gasteiger partial charge in [0.1, 0.15) is 11.5 Å². The van der Waals surface area contributed by atoms with Crippen molar-refractivity contribution in [2.75, 3.05) is 6.54 Å². The molecule has 22 heavy (non-hydrogen) atoms. The van der Waals surface area contributed by atoms with Crippen LogP contribution < -0.4 is 5.32 Å². The quantitative estimate of drug-likeness (QED) is 0.783. The predicted octanol–water partition coefficient (Wildman–Crippen LogP) is 2.79. The standard InChI is InChI=1S/C18H23N3O/c1-17(2)8-13-14(16(22)19-9-17)21-15(20-13)11-7-10-3-4-12(11)18(10)5-6-18/h3-4,10-12H,5-9H2,1-2H3,(H,19,22)(H,20,21)/t10-,11+,12-/m0/s1. The molecule has 116 valence electrons. The number of hydrogen-bond acceptors (Lipinski definition) is 2. The lowest BCUT2D eigenvalue weighted by molar-refractivity contribution is 0.0940. The van der Waals surface area contributed by atoms with Crippen LogP contribution in [0.15, 0.2) is 12.2 Å². The summed E-state index contributed by atoms with van der Waals surface area (Å²) in [6, 6.07) is 0. The van der Waals surface area contributed by atoms with Gasteiger partial charge in [-0.25, -0.2) is 4.98 Å². The highest BCUT2D eigenvalue weighted by Crippen LogP contribution is 2.71. The minimum absolute atomic E-state index is 0.0112. The number of aromatic nitrogens is 2. The van der Waals surface area contributed by atoms with Gasteiger partial charge in [0.15, 0.2) is 0 Å². The summed E-state index contributed by atoms with van der Waals surface area (Å²) in [4.78, 5) is 20.6. The summed E-state index contributed by atoms with van der Waals surface area (Å²) in [6.45, 7) is 5.11. The van der Waals surface area contributed by atoms with Crippen molar-refractivity contribution in [2.45, 2.75) is 45.4 Å². The summed E-state index contributed by atoms with van der Waals surface area (Å²) in [6.07, 6.45) is 9.69. The Morgan fingerprint density at radius 2 is 2.09 bits per heavy atom. The van der Waals surface area contributed by atoms with Crippen LogP contribution in [-0.4, -0.2) is 22.4 Å². The van der Waals surface area contributed by atoms with Gasteiger partial charge >= 0.3 is 0 Å². The fourth-order valence-electron chi connectivity index (χ4n) is 5.15. The number of hydrogen-bond donors (Lipinski definition) is 2. The number of imidazole rings is 1. The third kappa shape index (κ3) is 1.58. The molecule has 4 aliphatic rings. The molecule has 1 aromatic heterocycles. The first-order chi connectivity index (χ1) is 10.5. The Hall–Kier alpha value is -1.58. The van der Waals surface area contributed by atoms with E-state index in [4.69, 9.17) is 4.98 Å². The molecule has 2 fully saturated rings. The van der Waals surface area contributed by atoms with Crippen molar-refractivity contribution in [1.29, 1.82) is 0 Å². The molecule has 2 N–H and O–H groups in total. The molecule has 1 aliphatic heterocycles. The Bertz CT molecular complexity index is 695. The van der Waals surface area contributed by atoms with E-state index >= 15 is 0 Å². The van der Waals surface area contributed by atoms with Crippen molar-refractivity contribution in [3.8, 4) is 0 Å². The molecular formula is C18H23N3O. The minimum atomic E-state index is -0.0112. The molecule has 4 heteroatoms. The summed E-state index contributed by atoms with van der Waals surface area (Å²) >= 11 is 0. The van der Waals surface area contributed by atoms with E-state index in [0.29, 0.717) is 29.5 Å². The van der Waals surface area contributed by atoms with E-state index < -0.39 is 0 Å². The van der Waals surface area contributed by atoms with Crippen LogP contribution >= 0.6 is 0 Å². The van der Waals surface area contributed by atoms with Crippen LogP contribution in [0.5, 0.6) is 0 Å². The second-order valence-corrected chi connectivity index (χ2v) is 8.57. The molecule has 1 spiro atoms. The van der Waals surface area contributed by atoms with Gasteiger partial charge in [-0.1, -0.05) is 26.0 Å². The second-order valence-electron chi connectivity index (χ2n) is 8.57. The number of aromatic amines is 1. The van der Waals surface area contributed by atoms with Crippen LogP contribution in [0.25, 0.3) is 0 Å². The number of amides is 1. The molecule has 1 aromatic rings. The van der Waals surface area contributed by atoms with Gasteiger partial charge in [-0.3, -0.25) is 4.79 Å². The van der Waals surface area contributed by atoms with Gasteiger partial charge in [-0.05, 0) is 48.3 Å². The monoisotopic (exact) mass is 297 g/mol.